The molecule has 5 atom stereocenters. The van der Waals surface area contributed by atoms with E-state index in [1.54, 1.807) is 6.07 Å². The van der Waals surface area contributed by atoms with Crippen LogP contribution in [0.5, 0.6) is 5.75 Å². The monoisotopic (exact) mass is 646 g/mol. The van der Waals surface area contributed by atoms with E-state index in [2.05, 4.69) is 5.32 Å². The number of nitrogens with zero attached hydrogens (tertiary/aromatic N) is 1. The van der Waals surface area contributed by atoms with Crippen molar-refractivity contribution in [2.24, 2.45) is 11.8 Å². The minimum Gasteiger partial charge on any atom is -0.297 e. The van der Waals surface area contributed by atoms with Gasteiger partial charge in [-0.25, -0.2) is 0 Å². The summed E-state index contributed by atoms with van der Waals surface area (Å²) in [4.78, 5) is 49.9. The molecule has 1 aliphatic rings. The van der Waals surface area contributed by atoms with Crippen LogP contribution in [0.15, 0.2) is 18.2 Å². The van der Waals surface area contributed by atoms with Gasteiger partial charge < -0.3 is 4.74 Å². The summed E-state index contributed by atoms with van der Waals surface area (Å²) in [7, 11) is 1.39. The zero-order valence-electron chi connectivity index (χ0n) is 21.1. The van der Waals surface area contributed by atoms with Crippen LogP contribution in [-0.4, -0.2) is 76.6 Å². The molecular weight excluding hydrogens is 617 g/mol. The van der Waals surface area contributed by atoms with Crippen LogP contribution < -0.4 is 10.1 Å². The molecule has 2 rings (SSSR count). The van der Waals surface area contributed by atoms with Crippen molar-refractivity contribution in [2.75, 3.05) is 18.9 Å². The summed E-state index contributed by atoms with van der Waals surface area (Å²) in [5.41, 5.74) is 0.661. The van der Waals surface area contributed by atoms with E-state index in [1.165, 1.54) is 39.1 Å². The molecule has 15 heteroatoms. The number of Topliss-reactive ketones (excluding diaryl/α,β-unsaturated/α-hetero) is 1. The number of benzene rings is 1. The first-order valence-corrected chi connectivity index (χ1v) is 13.1. The maximum absolute atomic E-state index is 12.7. The first kappa shape index (κ1) is 31.1. The number of carbonyl (C=O) groups is 4. The third kappa shape index (κ3) is 8.72. The number of anilines is 1. The second-order valence-electron chi connectivity index (χ2n) is 8.71. The van der Waals surface area contributed by atoms with E-state index in [0.29, 0.717) is 5.56 Å². The summed E-state index contributed by atoms with van der Waals surface area (Å²) in [6, 6.07) is 5.86. The normalized spacial score (nSPS) is 22.7. The number of esters is 1. The van der Waals surface area contributed by atoms with Crippen LogP contribution in [-0.2, 0) is 35.1 Å². The molecule has 1 aliphatic heterocycles. The van der Waals surface area contributed by atoms with Gasteiger partial charge in [-0.1, -0.05) is 13.8 Å². The quantitative estimate of drug-likeness (QED) is 0.221. The Hall–Kier alpha value is -2.10. The molecule has 1 aromatic rings. The van der Waals surface area contributed by atoms with Gasteiger partial charge in [0.05, 0.1) is 0 Å². The van der Waals surface area contributed by atoms with Crippen molar-refractivity contribution in [3.05, 3.63) is 23.8 Å². The van der Waals surface area contributed by atoms with Crippen LogP contribution in [0.1, 0.15) is 33.3 Å². The van der Waals surface area contributed by atoms with Gasteiger partial charge in [-0.05, 0) is 12.8 Å². The number of aliphatic hydroxyl groups is 1. The number of ketones is 1. The van der Waals surface area contributed by atoms with Gasteiger partial charge in [-0.2, -0.15) is 0 Å². The average molecular weight is 646 g/mol. The number of ether oxygens (including phenoxy) is 3. The van der Waals surface area contributed by atoms with Gasteiger partial charge >= 0.3 is 170 Å². The SMILES string of the molecule is CC(=O)OC1[C@H](Oc2ccc(CO)cc2NC(=O)CN(C)C(=O)OB(I)B=S)OC(C(C)=O)[C@@H](C)[C@@H]1C. The topological polar surface area (TPSA) is 141 Å². The summed E-state index contributed by atoms with van der Waals surface area (Å²) in [5.74, 6) is -1.68. The van der Waals surface area contributed by atoms with Gasteiger partial charge in [0.2, 0.25) is 0 Å². The van der Waals surface area contributed by atoms with Crippen LogP contribution in [0.25, 0.3) is 0 Å². The fourth-order valence-electron chi connectivity index (χ4n) is 3.77. The summed E-state index contributed by atoms with van der Waals surface area (Å²) in [6.07, 6.45) is -3.50. The molecule has 0 radical (unpaired) electrons. The smallest absolute Gasteiger partial charge is 0.297 e. The zero-order chi connectivity index (χ0) is 27.9. The minimum absolute atomic E-state index is 0.148. The van der Waals surface area contributed by atoms with Crippen LogP contribution >= 0.6 is 34.4 Å². The predicted molar refractivity (Wildman–Crippen MR) is 147 cm³/mol. The van der Waals surface area contributed by atoms with Crippen molar-refractivity contribution < 1.29 is 43.1 Å². The summed E-state index contributed by atoms with van der Waals surface area (Å²) in [6.45, 7) is 5.69. The predicted octanol–water partition coefficient (Wildman–Crippen LogP) is 2.32. The van der Waals surface area contributed by atoms with Gasteiger partial charge in [0.1, 0.15) is 6.10 Å². The molecule has 1 heterocycles. The third-order valence-electron chi connectivity index (χ3n) is 5.83. The summed E-state index contributed by atoms with van der Waals surface area (Å²) < 4.78 is 21.9. The number of hydrogen-bond donors (Lipinski definition) is 2. The molecule has 0 aliphatic carbocycles. The first-order chi connectivity index (χ1) is 17.4. The van der Waals surface area contributed by atoms with Gasteiger partial charge in [0.25, 0.3) is 0 Å². The number of amides is 2. The van der Waals surface area contributed by atoms with E-state index in [9.17, 15) is 24.3 Å². The second kappa shape index (κ2) is 14.2. The third-order valence-corrected chi connectivity index (χ3v) is 7.18. The van der Waals surface area contributed by atoms with E-state index in [4.69, 9.17) is 30.9 Å². The van der Waals surface area contributed by atoms with Crippen LogP contribution in [0, 0.1) is 11.8 Å². The van der Waals surface area contributed by atoms with Crippen molar-refractivity contribution in [1.82, 2.24) is 4.90 Å². The van der Waals surface area contributed by atoms with Gasteiger partial charge in [0.15, 0.2) is 5.78 Å². The van der Waals surface area contributed by atoms with Crippen molar-refractivity contribution in [3.63, 3.8) is 0 Å². The number of likely N-dealkylation sites (N-methyl/N-ethyl adjacent to an activating group) is 1. The molecule has 1 fully saturated rings. The van der Waals surface area contributed by atoms with Crippen LogP contribution in [0.4, 0.5) is 10.5 Å². The Labute approximate surface area is 235 Å². The number of aliphatic hydroxyl groups excluding tert-OH is 1. The van der Waals surface area contributed by atoms with Gasteiger partial charge in [0, 0.05) is 12.8 Å². The van der Waals surface area contributed by atoms with E-state index < -0.39 is 41.1 Å². The number of carbonyl (C=O) groups excluding carboxylic acids is 4. The molecule has 2 N–H and O–H groups in total. The van der Waals surface area contributed by atoms with E-state index >= 15 is 0 Å². The van der Waals surface area contributed by atoms with Gasteiger partial charge in [-0.3, -0.25) is 9.59 Å². The van der Waals surface area contributed by atoms with Crippen molar-refractivity contribution in [2.45, 2.75) is 52.8 Å². The zero-order valence-corrected chi connectivity index (χ0v) is 24.1. The molecule has 37 heavy (non-hydrogen) atoms. The Bertz CT molecular complexity index is 1030. The summed E-state index contributed by atoms with van der Waals surface area (Å²) in [5, 5.41) is 12.2. The Balaban J connectivity index is 2.28. The molecule has 2 unspecified atom stereocenters. The molecule has 0 saturated carbocycles. The van der Waals surface area contributed by atoms with Crippen molar-refractivity contribution in [3.8, 4) is 5.75 Å². The number of rotatable bonds is 10. The second-order valence-corrected chi connectivity index (χ2v) is 10.2. The van der Waals surface area contributed by atoms with E-state index in [0.717, 1.165) is 4.90 Å². The van der Waals surface area contributed by atoms with Crippen molar-refractivity contribution >= 4 is 74.6 Å². The Morgan fingerprint density at radius 1 is 1.24 bits per heavy atom. The van der Waals surface area contributed by atoms with Gasteiger partial charge in [-0.15, -0.1) is 0 Å². The Morgan fingerprint density at radius 2 is 1.92 bits per heavy atom. The van der Waals surface area contributed by atoms with Crippen LogP contribution in [0.3, 0.4) is 0 Å². The number of hydrogen-bond acceptors (Lipinski definition) is 10. The average Bonchev–Trinajstić information content (AvgIpc) is 2.83. The minimum atomic E-state index is -1.15. The molecule has 0 bridgehead atoms. The molecule has 1 saturated heterocycles. The Morgan fingerprint density at radius 3 is 2.49 bits per heavy atom. The van der Waals surface area contributed by atoms with Crippen molar-refractivity contribution in [1.29, 1.82) is 0 Å². The number of halogens is 1. The molecule has 0 spiro atoms. The van der Waals surface area contributed by atoms with E-state index in [-0.39, 0.29) is 42.2 Å². The number of nitrogens with one attached hydrogen (secondary N) is 1. The molecule has 1 aromatic carbocycles. The van der Waals surface area contributed by atoms with Crippen LogP contribution in [0.2, 0.25) is 0 Å². The first-order valence-electron chi connectivity index (χ1n) is 11.4. The molecule has 11 nitrogen and oxygen atoms in total. The fraction of sp³-hybridized carbons (Fsp3) is 0.545. The molecule has 2 amide bonds. The molecule has 200 valence electrons. The summed E-state index contributed by atoms with van der Waals surface area (Å²) >= 11 is 6.55. The molecular formula is C22H29B2IN2O9S. The molecule has 0 aromatic heterocycles. The maximum atomic E-state index is 12.7. The van der Waals surface area contributed by atoms with E-state index in [1.807, 2.05) is 36.2 Å². The standard InChI is InChI=1S/C22H29B2IN2O9S/c1-11-12(2)20(33-14(4)30)21(35-19(11)13(3)29)34-17-7-6-15(10-28)8-16(17)26-18(31)9-27(5)22(32)36-24(25)23-37/h6-8,11-12,19-21,28H,9-10H2,1-5H3,(H,26,31)/t11-,12-,19?,20?,21+/m0/s1. The fourth-order valence-corrected chi connectivity index (χ4v) is 4.04. The Kier molecular flexibility index (Phi) is 11.9.